The maximum Gasteiger partial charge on any atom is 0.433 e. The fraction of sp³-hybridized carbons (Fsp3) is 0.154. The highest BCUT2D eigenvalue weighted by Gasteiger charge is 2.33. The fourth-order valence-electron chi connectivity index (χ4n) is 4.08. The van der Waals surface area contributed by atoms with Crippen LogP contribution in [0.3, 0.4) is 0 Å². The minimum absolute atomic E-state index is 0.0216. The smallest absolute Gasteiger partial charge is 0.433 e. The monoisotopic (exact) mass is 495 g/mol. The maximum atomic E-state index is 13.2. The molecule has 0 aliphatic rings. The largest absolute Gasteiger partial charge is 0.494 e. The van der Waals surface area contributed by atoms with Crippen LogP contribution in [0.5, 0.6) is 5.75 Å². The van der Waals surface area contributed by atoms with Gasteiger partial charge in [-0.3, -0.25) is 4.79 Å². The Morgan fingerprint density at radius 2 is 1.92 bits per heavy atom. The quantitative estimate of drug-likeness (QED) is 0.315. The molecule has 0 saturated heterocycles. The second-order valence-electron chi connectivity index (χ2n) is 8.00. The van der Waals surface area contributed by atoms with Crippen LogP contribution in [0.2, 0.25) is 0 Å². The Morgan fingerprint density at radius 1 is 1.11 bits per heavy atom. The molecule has 0 saturated carbocycles. The van der Waals surface area contributed by atoms with Crippen LogP contribution in [0.4, 0.5) is 13.2 Å². The molecule has 3 heterocycles. The molecule has 0 fully saturated rings. The van der Waals surface area contributed by atoms with Crippen molar-refractivity contribution >= 4 is 27.8 Å². The summed E-state index contributed by atoms with van der Waals surface area (Å²) < 4.78 is 56.3. The number of hydrogen-bond donors (Lipinski definition) is 2. The standard InChI is InChI=1S/C26H20F3N3O4/c1-34-20-8-6-16(17-7-9-23(26(27,28)29)32-24(17)20)21-10-18(22(11-30)36-21)25(33)31-12-14-13-35-19-5-3-2-4-15(14)19/h2-10,13H,11-12,30H2,1H3,(H,31,33). The number of carbonyl (C=O) groups is 1. The van der Waals surface area contributed by atoms with Gasteiger partial charge in [0.2, 0.25) is 0 Å². The summed E-state index contributed by atoms with van der Waals surface area (Å²) in [5, 5.41) is 4.10. The number of aromatic nitrogens is 1. The Morgan fingerprint density at radius 3 is 2.67 bits per heavy atom. The first-order chi connectivity index (χ1) is 17.3. The van der Waals surface area contributed by atoms with Gasteiger partial charge in [-0.25, -0.2) is 4.98 Å². The number of furan rings is 2. The second-order valence-corrected chi connectivity index (χ2v) is 8.00. The first-order valence-corrected chi connectivity index (χ1v) is 10.9. The third-order valence-corrected chi connectivity index (χ3v) is 5.84. The van der Waals surface area contributed by atoms with Crippen molar-refractivity contribution in [2.24, 2.45) is 5.73 Å². The number of pyridine rings is 1. The number of hydrogen-bond acceptors (Lipinski definition) is 6. The van der Waals surface area contributed by atoms with Gasteiger partial charge in [0.1, 0.15) is 34.1 Å². The number of para-hydroxylation sites is 1. The van der Waals surface area contributed by atoms with Crippen LogP contribution in [0.1, 0.15) is 27.4 Å². The predicted molar refractivity (Wildman–Crippen MR) is 126 cm³/mol. The number of alkyl halides is 3. The molecule has 1 amide bonds. The van der Waals surface area contributed by atoms with Gasteiger partial charge in [0.15, 0.2) is 0 Å². The molecule has 0 spiro atoms. The van der Waals surface area contributed by atoms with Crippen LogP contribution < -0.4 is 15.8 Å². The van der Waals surface area contributed by atoms with E-state index in [1.807, 2.05) is 24.3 Å². The lowest BCUT2D eigenvalue weighted by Gasteiger charge is -2.11. The zero-order chi connectivity index (χ0) is 25.4. The number of carbonyl (C=O) groups excluding carboxylic acids is 1. The average molecular weight is 495 g/mol. The molecule has 3 N–H and O–H groups in total. The molecule has 5 aromatic rings. The van der Waals surface area contributed by atoms with E-state index < -0.39 is 17.8 Å². The molecule has 184 valence electrons. The lowest BCUT2D eigenvalue weighted by atomic mass is 10.0. The zero-order valence-corrected chi connectivity index (χ0v) is 19.0. The van der Waals surface area contributed by atoms with Crippen molar-refractivity contribution in [3.05, 3.63) is 83.4 Å². The van der Waals surface area contributed by atoms with E-state index in [4.69, 9.17) is 19.3 Å². The molecule has 10 heteroatoms. The summed E-state index contributed by atoms with van der Waals surface area (Å²) in [4.78, 5) is 16.8. The van der Waals surface area contributed by atoms with Gasteiger partial charge in [0.25, 0.3) is 5.91 Å². The van der Waals surface area contributed by atoms with E-state index in [0.29, 0.717) is 16.5 Å². The third-order valence-electron chi connectivity index (χ3n) is 5.84. The van der Waals surface area contributed by atoms with Gasteiger partial charge in [-0.05, 0) is 36.4 Å². The van der Waals surface area contributed by atoms with Gasteiger partial charge in [0, 0.05) is 28.4 Å². The van der Waals surface area contributed by atoms with Gasteiger partial charge in [-0.2, -0.15) is 13.2 Å². The second kappa shape index (κ2) is 9.04. The van der Waals surface area contributed by atoms with E-state index in [-0.39, 0.29) is 41.4 Å². The summed E-state index contributed by atoms with van der Waals surface area (Å²) in [6.45, 7) is 0.165. The number of rotatable bonds is 6. The van der Waals surface area contributed by atoms with Crippen molar-refractivity contribution in [1.29, 1.82) is 0 Å². The molecular weight excluding hydrogens is 475 g/mol. The lowest BCUT2D eigenvalue weighted by molar-refractivity contribution is -0.140. The van der Waals surface area contributed by atoms with Crippen LogP contribution in [0, 0.1) is 0 Å². The van der Waals surface area contributed by atoms with E-state index in [0.717, 1.165) is 17.0 Å². The first-order valence-electron chi connectivity index (χ1n) is 10.9. The number of nitrogens with zero attached hydrogens (tertiary/aromatic N) is 1. The molecule has 5 rings (SSSR count). The molecule has 2 aromatic carbocycles. The summed E-state index contributed by atoms with van der Waals surface area (Å²) >= 11 is 0. The summed E-state index contributed by atoms with van der Waals surface area (Å²) in [7, 11) is 1.35. The van der Waals surface area contributed by atoms with Crippen molar-refractivity contribution in [3.8, 4) is 17.1 Å². The van der Waals surface area contributed by atoms with Crippen LogP contribution >= 0.6 is 0 Å². The van der Waals surface area contributed by atoms with Gasteiger partial charge in [-0.15, -0.1) is 0 Å². The molecular formula is C26H20F3N3O4. The predicted octanol–water partition coefficient (Wildman–Crippen LogP) is 5.66. The molecule has 0 aliphatic carbocycles. The molecule has 0 radical (unpaired) electrons. The van der Waals surface area contributed by atoms with Crippen molar-refractivity contribution in [3.63, 3.8) is 0 Å². The minimum atomic E-state index is -4.61. The first kappa shape index (κ1) is 23.4. The zero-order valence-electron chi connectivity index (χ0n) is 19.0. The normalized spacial score (nSPS) is 11.8. The third kappa shape index (κ3) is 4.16. The van der Waals surface area contributed by atoms with Crippen LogP contribution in [0.15, 0.2) is 69.7 Å². The summed E-state index contributed by atoms with van der Waals surface area (Å²) in [6.07, 6.45) is -3.03. The Labute approximate surface area is 202 Å². The summed E-state index contributed by atoms with van der Waals surface area (Å²) in [5.74, 6) is 0.272. The van der Waals surface area contributed by atoms with E-state index in [1.165, 1.54) is 25.3 Å². The Bertz CT molecular complexity index is 1590. The van der Waals surface area contributed by atoms with Crippen molar-refractivity contribution in [1.82, 2.24) is 10.3 Å². The maximum absolute atomic E-state index is 13.2. The Balaban J connectivity index is 1.49. The fourth-order valence-corrected chi connectivity index (χ4v) is 4.08. The number of halogens is 3. The number of methoxy groups -OCH3 is 1. The summed E-state index contributed by atoms with van der Waals surface area (Å²) in [5.41, 5.74) is 7.00. The van der Waals surface area contributed by atoms with Crippen LogP contribution in [0.25, 0.3) is 33.2 Å². The van der Waals surface area contributed by atoms with E-state index in [1.54, 1.807) is 12.3 Å². The highest BCUT2D eigenvalue weighted by molar-refractivity contribution is 6.00. The molecule has 7 nitrogen and oxygen atoms in total. The number of fused-ring (bicyclic) bond motifs is 2. The van der Waals surface area contributed by atoms with Crippen molar-refractivity contribution in [2.45, 2.75) is 19.3 Å². The van der Waals surface area contributed by atoms with E-state index in [2.05, 4.69) is 10.3 Å². The number of amides is 1. The minimum Gasteiger partial charge on any atom is -0.494 e. The van der Waals surface area contributed by atoms with E-state index >= 15 is 0 Å². The topological polar surface area (TPSA) is 104 Å². The number of ether oxygens (including phenoxy) is 1. The van der Waals surface area contributed by atoms with Gasteiger partial charge in [0.05, 0.1) is 25.5 Å². The molecule has 0 unspecified atom stereocenters. The molecule has 0 aliphatic heterocycles. The number of benzene rings is 2. The Kier molecular flexibility index (Phi) is 5.89. The molecule has 0 atom stereocenters. The lowest BCUT2D eigenvalue weighted by Crippen LogP contribution is -2.23. The highest BCUT2D eigenvalue weighted by atomic mass is 19.4. The van der Waals surface area contributed by atoms with Crippen molar-refractivity contribution in [2.75, 3.05) is 7.11 Å². The molecule has 3 aromatic heterocycles. The number of nitrogens with two attached hydrogens (primary N) is 1. The van der Waals surface area contributed by atoms with Gasteiger partial charge in [-0.1, -0.05) is 18.2 Å². The van der Waals surface area contributed by atoms with Gasteiger partial charge < -0.3 is 24.6 Å². The SMILES string of the molecule is COc1ccc(-c2cc(C(=O)NCc3coc4ccccc34)c(CN)o2)c2ccc(C(F)(F)F)nc12. The Hall–Kier alpha value is -4.31. The molecule has 0 bridgehead atoms. The summed E-state index contributed by atoms with van der Waals surface area (Å²) in [6, 6.07) is 14.3. The molecule has 36 heavy (non-hydrogen) atoms. The van der Waals surface area contributed by atoms with Crippen LogP contribution in [-0.2, 0) is 19.3 Å². The van der Waals surface area contributed by atoms with E-state index in [9.17, 15) is 18.0 Å². The highest BCUT2D eigenvalue weighted by Crippen LogP contribution is 2.38. The average Bonchev–Trinajstić information content (AvgIpc) is 3.50. The van der Waals surface area contributed by atoms with Crippen LogP contribution in [-0.4, -0.2) is 18.0 Å². The van der Waals surface area contributed by atoms with Gasteiger partial charge >= 0.3 is 6.18 Å². The number of nitrogens with one attached hydrogen (secondary N) is 1. The van der Waals surface area contributed by atoms with Crippen molar-refractivity contribution < 1.29 is 31.5 Å².